The normalized spacial score (nSPS) is 42.7. The number of aliphatic hydroxyl groups excluding tert-OH is 5. The van der Waals surface area contributed by atoms with Crippen LogP contribution in [0.25, 0.3) is 0 Å². The quantitative estimate of drug-likeness (QED) is 0.0616. The third-order valence-electron chi connectivity index (χ3n) is 9.45. The van der Waals surface area contributed by atoms with Crippen LogP contribution in [0.3, 0.4) is 0 Å². The van der Waals surface area contributed by atoms with Gasteiger partial charge in [-0.1, -0.05) is 0 Å². The van der Waals surface area contributed by atoms with Gasteiger partial charge < -0.3 is 93.7 Å². The Labute approximate surface area is 291 Å². The Balaban J connectivity index is 1.54. The number of hydrogen-bond donors (Lipinski definition) is 12. The van der Waals surface area contributed by atoms with E-state index in [1.165, 1.54) is 0 Å². The van der Waals surface area contributed by atoms with E-state index in [1.54, 1.807) is 0 Å². The molecule has 0 spiro atoms. The molecule has 0 radical (unpaired) electrons. The lowest BCUT2D eigenvalue weighted by Gasteiger charge is -2.46. The van der Waals surface area contributed by atoms with Crippen molar-refractivity contribution in [3.05, 3.63) is 11.8 Å². The smallest absolute Gasteiger partial charge is 0.215 e. The second kappa shape index (κ2) is 18.7. The van der Waals surface area contributed by atoms with Crippen molar-refractivity contribution >= 4 is 9.84 Å². The number of ether oxygens (including phenoxy) is 6. The minimum atomic E-state index is -3.69. The second-order valence-electron chi connectivity index (χ2n) is 13.3. The SMILES string of the molecule is NCCCNCC1=CC[C@@H](N)[C@@H](O[C@H]2[C@H](O[C@@H]3O[C@H](CO)[C@@H](O[C@H]4O[C@@H](CN)[C@@H](O)[C@H](O)[C@H]4N)[C@H]3O)[C@@H](O)[C@H](CS(=O)(=O)CCN)C[C@@H]2N)O1. The highest BCUT2D eigenvalue weighted by Gasteiger charge is 2.54. The third-order valence-corrected chi connectivity index (χ3v) is 11.2. The Morgan fingerprint density at radius 2 is 1.50 bits per heavy atom. The average Bonchev–Trinajstić information content (AvgIpc) is 3.37. The monoisotopic (exact) mass is 743 g/mol. The van der Waals surface area contributed by atoms with Crippen molar-refractivity contribution in [1.29, 1.82) is 0 Å². The Morgan fingerprint density at radius 3 is 2.16 bits per heavy atom. The van der Waals surface area contributed by atoms with Gasteiger partial charge in [-0.2, -0.15) is 0 Å². The summed E-state index contributed by atoms with van der Waals surface area (Å²) in [5.41, 5.74) is 35.7. The summed E-state index contributed by atoms with van der Waals surface area (Å²) in [6, 6.07) is -2.80. The number of rotatable bonds is 17. The molecule has 20 nitrogen and oxygen atoms in total. The van der Waals surface area contributed by atoms with Crippen molar-refractivity contribution < 1.29 is 62.4 Å². The van der Waals surface area contributed by atoms with Gasteiger partial charge in [0.15, 0.2) is 22.4 Å². The Hall–Kier alpha value is -1.19. The van der Waals surface area contributed by atoms with Gasteiger partial charge in [-0.05, 0) is 38.4 Å². The zero-order chi connectivity index (χ0) is 36.7. The molecule has 21 heteroatoms. The summed E-state index contributed by atoms with van der Waals surface area (Å²) in [7, 11) is -3.69. The van der Waals surface area contributed by atoms with Gasteiger partial charge >= 0.3 is 0 Å². The van der Waals surface area contributed by atoms with Crippen molar-refractivity contribution in [2.24, 2.45) is 40.3 Å². The van der Waals surface area contributed by atoms with Gasteiger partial charge in [0.05, 0.1) is 42.8 Å². The van der Waals surface area contributed by atoms with Gasteiger partial charge in [0.25, 0.3) is 0 Å². The molecule has 2 saturated heterocycles. The molecule has 0 aromatic carbocycles. The average molecular weight is 744 g/mol. The highest BCUT2D eigenvalue weighted by Crippen LogP contribution is 2.36. The lowest BCUT2D eigenvalue weighted by molar-refractivity contribution is -0.283. The summed E-state index contributed by atoms with van der Waals surface area (Å²) in [6.45, 7) is 0.618. The summed E-state index contributed by atoms with van der Waals surface area (Å²) >= 11 is 0. The first-order valence-electron chi connectivity index (χ1n) is 17.0. The molecule has 0 aromatic rings. The van der Waals surface area contributed by atoms with E-state index in [-0.39, 0.29) is 25.3 Å². The highest BCUT2D eigenvalue weighted by atomic mass is 32.2. The molecule has 4 rings (SSSR count). The van der Waals surface area contributed by atoms with Crippen molar-refractivity contribution in [3.63, 3.8) is 0 Å². The molecule has 3 fully saturated rings. The van der Waals surface area contributed by atoms with Gasteiger partial charge in [0, 0.05) is 25.0 Å². The number of sulfone groups is 1. The van der Waals surface area contributed by atoms with E-state index < -0.39 is 120 Å². The van der Waals surface area contributed by atoms with Gasteiger partial charge in [-0.25, -0.2) is 8.42 Å². The molecule has 1 aliphatic carbocycles. The summed E-state index contributed by atoms with van der Waals surface area (Å²) < 4.78 is 61.3. The molecule has 0 aromatic heterocycles. The Kier molecular flexibility index (Phi) is 15.6. The molecule has 3 aliphatic heterocycles. The van der Waals surface area contributed by atoms with E-state index >= 15 is 0 Å². The van der Waals surface area contributed by atoms with Crippen molar-refractivity contribution in [3.8, 4) is 0 Å². The fourth-order valence-corrected chi connectivity index (χ4v) is 8.14. The van der Waals surface area contributed by atoms with Crippen molar-refractivity contribution in [1.82, 2.24) is 5.32 Å². The first-order valence-corrected chi connectivity index (χ1v) is 18.8. The van der Waals surface area contributed by atoms with E-state index in [4.69, 9.17) is 62.8 Å². The molecule has 3 heterocycles. The molecule has 1 saturated carbocycles. The van der Waals surface area contributed by atoms with Crippen LogP contribution in [0.2, 0.25) is 0 Å². The molecule has 50 heavy (non-hydrogen) atoms. The molecule has 16 atom stereocenters. The van der Waals surface area contributed by atoms with Gasteiger partial charge in [0.2, 0.25) is 6.29 Å². The first kappa shape index (κ1) is 41.6. The summed E-state index contributed by atoms with van der Waals surface area (Å²) in [6.07, 6.45) is -13.1. The van der Waals surface area contributed by atoms with E-state index in [1.807, 2.05) is 6.08 Å². The number of aliphatic hydroxyl groups is 5. The van der Waals surface area contributed by atoms with Crippen LogP contribution in [0.15, 0.2) is 11.8 Å². The zero-order valence-corrected chi connectivity index (χ0v) is 28.8. The maximum absolute atomic E-state index is 12.8. The molecular formula is C29H57N7O13S. The summed E-state index contributed by atoms with van der Waals surface area (Å²) in [5.74, 6) is -1.10. The van der Waals surface area contributed by atoms with Gasteiger partial charge in [-0.15, -0.1) is 0 Å². The van der Waals surface area contributed by atoms with Gasteiger partial charge in [-0.3, -0.25) is 0 Å². The summed E-state index contributed by atoms with van der Waals surface area (Å²) in [5, 5.41) is 57.0. The van der Waals surface area contributed by atoms with Crippen LogP contribution >= 0.6 is 0 Å². The van der Waals surface area contributed by atoms with Gasteiger partial charge in [0.1, 0.15) is 54.6 Å². The molecule has 18 N–H and O–H groups in total. The molecular weight excluding hydrogens is 686 g/mol. The van der Waals surface area contributed by atoms with E-state index in [9.17, 15) is 34.0 Å². The Bertz CT molecular complexity index is 1190. The van der Waals surface area contributed by atoms with Crippen molar-refractivity contribution in [2.45, 2.75) is 111 Å². The molecule has 292 valence electrons. The molecule has 4 aliphatic rings. The predicted molar refractivity (Wildman–Crippen MR) is 176 cm³/mol. The maximum atomic E-state index is 12.8. The maximum Gasteiger partial charge on any atom is 0.215 e. The van der Waals surface area contributed by atoms with E-state index in [0.717, 1.165) is 6.42 Å². The van der Waals surface area contributed by atoms with Crippen molar-refractivity contribution in [2.75, 3.05) is 50.8 Å². The van der Waals surface area contributed by atoms with Crippen LogP contribution in [0.5, 0.6) is 0 Å². The largest absolute Gasteiger partial charge is 0.467 e. The lowest BCUT2D eigenvalue weighted by atomic mass is 9.80. The minimum absolute atomic E-state index is 0.0211. The number of nitrogens with one attached hydrogen (secondary N) is 1. The minimum Gasteiger partial charge on any atom is -0.467 e. The molecule has 0 unspecified atom stereocenters. The van der Waals surface area contributed by atoms with Crippen LogP contribution in [-0.2, 0) is 38.3 Å². The fourth-order valence-electron chi connectivity index (χ4n) is 6.63. The van der Waals surface area contributed by atoms with E-state index in [0.29, 0.717) is 31.8 Å². The number of hydrogen-bond acceptors (Lipinski definition) is 20. The van der Waals surface area contributed by atoms with Crippen LogP contribution in [0.4, 0.5) is 0 Å². The molecule has 0 bridgehead atoms. The second-order valence-corrected chi connectivity index (χ2v) is 15.5. The molecule has 0 amide bonds. The highest BCUT2D eigenvalue weighted by molar-refractivity contribution is 7.91. The van der Waals surface area contributed by atoms with Crippen LogP contribution in [-0.4, -0.2) is 177 Å². The fraction of sp³-hybridized carbons (Fsp3) is 0.931. The topological polar surface area (TPSA) is 359 Å². The van der Waals surface area contributed by atoms with Crippen LogP contribution < -0.4 is 39.7 Å². The first-order chi connectivity index (χ1) is 23.7. The van der Waals surface area contributed by atoms with E-state index in [2.05, 4.69) is 5.32 Å². The van der Waals surface area contributed by atoms with Crippen LogP contribution in [0.1, 0.15) is 19.3 Å². The predicted octanol–water partition coefficient (Wildman–Crippen LogP) is -7.07. The lowest BCUT2D eigenvalue weighted by Crippen LogP contribution is -2.64. The standard InChI is InChI=1S/C29H57N7O13S/c30-4-1-6-36-10-14-2-3-15(33)27(44-14)47-24-16(34)8-13(12-50(42,43)7-5-31)20(38)26(24)49-29-23(41)25(18(11-37)46-29)48-28-19(35)22(40)21(39)17(9-32)45-28/h2,13,15-29,36-41H,1,3-12,30-35H2/t13-,15+,16-,17-,18+,19+,20-,21+,22+,23+,24+,25+,26+,27+,28+,29-/m0/s1. The summed E-state index contributed by atoms with van der Waals surface area (Å²) in [4.78, 5) is 0. The Morgan fingerprint density at radius 1 is 0.820 bits per heavy atom. The third kappa shape index (κ3) is 10.1. The zero-order valence-electron chi connectivity index (χ0n) is 28.0. The van der Waals surface area contributed by atoms with Crippen LogP contribution in [0, 0.1) is 5.92 Å². The number of nitrogens with two attached hydrogens (primary N) is 6.